The third-order valence-corrected chi connectivity index (χ3v) is 5.20. The lowest BCUT2D eigenvalue weighted by atomic mass is 10.8. The molecule has 0 aliphatic carbocycles. The van der Waals surface area contributed by atoms with Gasteiger partial charge in [0.25, 0.3) is 0 Å². The van der Waals surface area contributed by atoms with Crippen LogP contribution in [0.15, 0.2) is 4.99 Å². The zero-order chi connectivity index (χ0) is 6.91. The van der Waals surface area contributed by atoms with Crippen molar-refractivity contribution in [2.45, 2.75) is 13.1 Å². The minimum Gasteiger partial charge on any atom is -0.346 e. The van der Waals surface area contributed by atoms with Gasteiger partial charge in [-0.15, -0.1) is 11.8 Å². The maximum atomic E-state index is 5.93. The summed E-state index contributed by atoms with van der Waals surface area (Å²) in [6.07, 6.45) is 0. The summed E-state index contributed by atoms with van der Waals surface area (Å²) in [6.45, 7) is 5.24. The monoisotopic (exact) mass is 160 g/mol. The van der Waals surface area contributed by atoms with E-state index in [0.29, 0.717) is 0 Å². The molecule has 0 aromatic heterocycles. The molecule has 0 amide bonds. The van der Waals surface area contributed by atoms with Gasteiger partial charge < -0.3 is 5.40 Å². The third kappa shape index (κ3) is 1.81. The Labute approximate surface area is 61.0 Å². The second kappa shape index (κ2) is 2.44. The van der Waals surface area contributed by atoms with Crippen molar-refractivity contribution in [2.75, 3.05) is 12.3 Å². The average molecular weight is 160 g/mol. The number of hydrogen-bond donors (Lipinski definition) is 1. The Kier molecular flexibility index (Phi) is 1.98. The van der Waals surface area contributed by atoms with Gasteiger partial charge in [0, 0.05) is 12.3 Å². The first-order valence-corrected chi connectivity index (χ1v) is 7.13. The predicted molar refractivity (Wildman–Crippen MR) is 46.4 cm³/mol. The Bertz CT molecular complexity index is 138. The molecule has 2 N–H and O–H groups in total. The molecule has 0 radical (unpaired) electrons. The van der Waals surface area contributed by atoms with Crippen molar-refractivity contribution < 1.29 is 0 Å². The number of rotatable bonds is 1. The summed E-state index contributed by atoms with van der Waals surface area (Å²) in [7, 11) is -1.51. The van der Waals surface area contributed by atoms with E-state index in [9.17, 15) is 0 Å². The van der Waals surface area contributed by atoms with E-state index in [0.717, 1.165) is 12.3 Å². The van der Waals surface area contributed by atoms with Gasteiger partial charge >= 0.3 is 0 Å². The molecule has 0 unspecified atom stereocenters. The quantitative estimate of drug-likeness (QED) is 0.577. The van der Waals surface area contributed by atoms with Crippen LogP contribution in [0.1, 0.15) is 0 Å². The second-order valence-electron chi connectivity index (χ2n) is 2.76. The van der Waals surface area contributed by atoms with Gasteiger partial charge in [0.15, 0.2) is 8.24 Å². The van der Waals surface area contributed by atoms with Gasteiger partial charge in [0.2, 0.25) is 0 Å². The first kappa shape index (κ1) is 7.31. The van der Waals surface area contributed by atoms with E-state index in [-0.39, 0.29) is 0 Å². The van der Waals surface area contributed by atoms with Crippen molar-refractivity contribution in [3.8, 4) is 0 Å². The van der Waals surface area contributed by atoms with E-state index in [1.54, 1.807) is 0 Å². The molecule has 0 atom stereocenters. The predicted octanol–water partition coefficient (Wildman–Crippen LogP) is 0.835. The molecule has 1 aliphatic rings. The summed E-state index contributed by atoms with van der Waals surface area (Å²) in [5, 5.41) is 5.93. The fourth-order valence-electron chi connectivity index (χ4n) is 0.725. The number of hydrogen-bond acceptors (Lipinski definition) is 3. The maximum absolute atomic E-state index is 5.93. The molecule has 0 bridgehead atoms. The Morgan fingerprint density at radius 3 is 2.56 bits per heavy atom. The van der Waals surface area contributed by atoms with Crippen LogP contribution in [0.5, 0.6) is 0 Å². The molecule has 0 aromatic rings. The van der Waals surface area contributed by atoms with E-state index >= 15 is 0 Å². The first-order chi connectivity index (χ1) is 4.11. The number of nitrogens with zero attached hydrogens (tertiary/aromatic N) is 1. The van der Waals surface area contributed by atoms with Gasteiger partial charge in [-0.2, -0.15) is 0 Å². The summed E-state index contributed by atoms with van der Waals surface area (Å²) in [4.78, 5) is 4.32. The maximum Gasteiger partial charge on any atom is 0.178 e. The summed E-state index contributed by atoms with van der Waals surface area (Å²) < 4.78 is 1.24. The van der Waals surface area contributed by atoms with E-state index < -0.39 is 8.24 Å². The van der Waals surface area contributed by atoms with Crippen LogP contribution in [-0.4, -0.2) is 25.2 Å². The van der Waals surface area contributed by atoms with Crippen molar-refractivity contribution in [3.05, 3.63) is 0 Å². The zero-order valence-corrected chi connectivity index (χ0v) is 7.66. The number of nitrogens with two attached hydrogens (primary N) is 1. The van der Waals surface area contributed by atoms with Crippen molar-refractivity contribution >= 4 is 24.7 Å². The van der Waals surface area contributed by atoms with Crippen LogP contribution >= 0.6 is 11.8 Å². The lowest BCUT2D eigenvalue weighted by Gasteiger charge is -2.13. The molecule has 0 fully saturated rings. The van der Waals surface area contributed by atoms with Crippen molar-refractivity contribution in [2.24, 2.45) is 10.4 Å². The third-order valence-electron chi connectivity index (χ3n) is 1.14. The Balaban J connectivity index is 2.61. The lowest BCUT2D eigenvalue weighted by Crippen LogP contribution is -2.45. The van der Waals surface area contributed by atoms with E-state index in [2.05, 4.69) is 18.1 Å². The molecular formula is C5H12N2SSi. The Morgan fingerprint density at radius 1 is 1.67 bits per heavy atom. The van der Waals surface area contributed by atoms with Crippen LogP contribution < -0.4 is 5.40 Å². The molecule has 1 rings (SSSR count). The summed E-state index contributed by atoms with van der Waals surface area (Å²) >= 11 is 1.84. The molecule has 52 valence electrons. The summed E-state index contributed by atoms with van der Waals surface area (Å²) in [6, 6.07) is 0. The molecule has 0 spiro atoms. The van der Waals surface area contributed by atoms with Gasteiger partial charge in [-0.3, -0.25) is 4.99 Å². The van der Waals surface area contributed by atoms with Crippen molar-refractivity contribution in [1.82, 2.24) is 0 Å². The Morgan fingerprint density at radius 2 is 2.33 bits per heavy atom. The highest BCUT2D eigenvalue weighted by atomic mass is 32.2. The molecule has 0 saturated carbocycles. The van der Waals surface area contributed by atoms with Crippen LogP contribution in [0, 0.1) is 0 Å². The molecule has 0 saturated heterocycles. The SMILES string of the molecule is C[Si](C)(N)C1=NCCS1. The summed E-state index contributed by atoms with van der Waals surface area (Å²) in [5.74, 6) is 1.14. The molecule has 4 heteroatoms. The zero-order valence-electron chi connectivity index (χ0n) is 5.85. The van der Waals surface area contributed by atoms with Gasteiger partial charge in [0.05, 0.1) is 4.67 Å². The molecular weight excluding hydrogens is 148 g/mol. The largest absolute Gasteiger partial charge is 0.346 e. The van der Waals surface area contributed by atoms with Crippen LogP contribution in [0.2, 0.25) is 13.1 Å². The highest BCUT2D eigenvalue weighted by molar-refractivity contribution is 8.18. The van der Waals surface area contributed by atoms with Gasteiger partial charge in [-0.1, -0.05) is 13.1 Å². The molecule has 2 nitrogen and oxygen atoms in total. The molecule has 0 aromatic carbocycles. The fraction of sp³-hybridized carbons (Fsp3) is 0.800. The lowest BCUT2D eigenvalue weighted by molar-refractivity contribution is 1.18. The van der Waals surface area contributed by atoms with E-state index in [4.69, 9.17) is 5.40 Å². The van der Waals surface area contributed by atoms with Crippen LogP contribution in [0.4, 0.5) is 0 Å². The standard InChI is InChI=1S/C5H12N2SSi/c1-9(2,6)5-7-3-4-8-5/h3-4,6H2,1-2H3. The van der Waals surface area contributed by atoms with E-state index in [1.807, 2.05) is 11.8 Å². The van der Waals surface area contributed by atoms with Gasteiger partial charge in [-0.25, -0.2) is 0 Å². The van der Waals surface area contributed by atoms with E-state index in [1.165, 1.54) is 4.67 Å². The van der Waals surface area contributed by atoms with Gasteiger partial charge in [-0.05, 0) is 0 Å². The second-order valence-corrected chi connectivity index (χ2v) is 8.12. The van der Waals surface area contributed by atoms with Crippen molar-refractivity contribution in [1.29, 1.82) is 0 Å². The highest BCUT2D eigenvalue weighted by Crippen LogP contribution is 2.17. The molecule has 1 heterocycles. The summed E-state index contributed by atoms with van der Waals surface area (Å²) in [5.41, 5.74) is 0. The normalized spacial score (nSPS) is 20.1. The number of aliphatic imine (C=N–C) groups is 1. The smallest absolute Gasteiger partial charge is 0.178 e. The van der Waals surface area contributed by atoms with Crippen LogP contribution in [-0.2, 0) is 0 Å². The minimum atomic E-state index is -1.51. The van der Waals surface area contributed by atoms with Gasteiger partial charge in [0.1, 0.15) is 0 Å². The highest BCUT2D eigenvalue weighted by Gasteiger charge is 2.25. The molecule has 1 aliphatic heterocycles. The van der Waals surface area contributed by atoms with Crippen LogP contribution in [0.3, 0.4) is 0 Å². The Hall–Kier alpha value is 0.197. The fourth-order valence-corrected chi connectivity index (χ4v) is 3.60. The number of thioether (sulfide) groups is 1. The molecule has 9 heavy (non-hydrogen) atoms. The first-order valence-electron chi connectivity index (χ1n) is 3.07. The topological polar surface area (TPSA) is 38.4 Å². The average Bonchev–Trinajstić information content (AvgIpc) is 2.08. The minimum absolute atomic E-state index is 0.980. The van der Waals surface area contributed by atoms with Crippen LogP contribution in [0.25, 0.3) is 0 Å². The van der Waals surface area contributed by atoms with Crippen molar-refractivity contribution in [3.63, 3.8) is 0 Å².